The molecule has 1 aromatic carbocycles. The first-order valence-electron chi connectivity index (χ1n) is 11.0. The summed E-state index contributed by atoms with van der Waals surface area (Å²) in [5.41, 5.74) is 2.53. The van der Waals surface area contributed by atoms with Gasteiger partial charge in [0.15, 0.2) is 11.5 Å². The Morgan fingerprint density at radius 1 is 1.09 bits per heavy atom. The summed E-state index contributed by atoms with van der Waals surface area (Å²) in [5.74, 6) is -0.521. The quantitative estimate of drug-likeness (QED) is 0.405. The maximum Gasteiger partial charge on any atom is 0.306 e. The zero-order valence-corrected chi connectivity index (χ0v) is 20.7. The van der Waals surface area contributed by atoms with E-state index in [1.165, 1.54) is 11.7 Å². The van der Waals surface area contributed by atoms with E-state index >= 15 is 0 Å². The molecule has 2 aromatic heterocycles. The van der Waals surface area contributed by atoms with E-state index < -0.39 is 5.97 Å². The van der Waals surface area contributed by atoms with Crippen LogP contribution in [0.1, 0.15) is 59.1 Å². The summed E-state index contributed by atoms with van der Waals surface area (Å²) in [7, 11) is 1.27. The molecule has 0 radical (unpaired) electrons. The number of methoxy groups -OCH3 is 1. The maximum atomic E-state index is 12.3. The van der Waals surface area contributed by atoms with Gasteiger partial charge in [-0.3, -0.25) is 14.4 Å². The number of H-pyrrole nitrogens is 1. The predicted molar refractivity (Wildman–Crippen MR) is 130 cm³/mol. The van der Waals surface area contributed by atoms with E-state index in [1.54, 1.807) is 18.2 Å². The van der Waals surface area contributed by atoms with E-state index in [0.717, 1.165) is 0 Å². The number of aromatic nitrogens is 4. The molecular formula is C23H29ClN6O4. The van der Waals surface area contributed by atoms with Gasteiger partial charge in [0.1, 0.15) is 5.02 Å². The summed E-state index contributed by atoms with van der Waals surface area (Å²) in [6.45, 7) is 7.95. The lowest BCUT2D eigenvalue weighted by atomic mass is 9.92. The van der Waals surface area contributed by atoms with Gasteiger partial charge >= 0.3 is 5.97 Å². The molecule has 0 saturated carbocycles. The molecule has 0 atom stereocenters. The number of nitrogens with one attached hydrogen (secondary N) is 3. The van der Waals surface area contributed by atoms with E-state index in [1.807, 2.05) is 27.7 Å². The van der Waals surface area contributed by atoms with E-state index in [2.05, 4.69) is 30.6 Å². The van der Waals surface area contributed by atoms with Crippen molar-refractivity contribution in [1.29, 1.82) is 0 Å². The second kappa shape index (κ2) is 10.3. The Balaban J connectivity index is 1.96. The number of carbonyl (C=O) groups excluding carboxylic acids is 3. The smallest absolute Gasteiger partial charge is 0.306 e. The lowest BCUT2D eigenvalue weighted by Crippen LogP contribution is -2.15. The number of ether oxygens (including phenoxy) is 1. The fourth-order valence-electron chi connectivity index (χ4n) is 3.31. The van der Waals surface area contributed by atoms with Crippen LogP contribution in [0.5, 0.6) is 0 Å². The normalized spacial score (nSPS) is 11.5. The third-order valence-corrected chi connectivity index (χ3v) is 5.40. The van der Waals surface area contributed by atoms with Crippen LogP contribution in [0, 0.1) is 0 Å². The molecule has 0 saturated heterocycles. The van der Waals surface area contributed by atoms with Gasteiger partial charge in [0.2, 0.25) is 11.8 Å². The first-order chi connectivity index (χ1) is 16.0. The number of anilines is 2. The summed E-state index contributed by atoms with van der Waals surface area (Å²) >= 11 is 6.56. The van der Waals surface area contributed by atoms with Crippen LogP contribution in [0.2, 0.25) is 5.02 Å². The van der Waals surface area contributed by atoms with Crippen LogP contribution >= 0.6 is 11.6 Å². The van der Waals surface area contributed by atoms with Crippen molar-refractivity contribution in [3.63, 3.8) is 0 Å². The predicted octanol–water partition coefficient (Wildman–Crippen LogP) is 4.31. The highest BCUT2D eigenvalue weighted by molar-refractivity contribution is 6.34. The molecule has 0 fully saturated rings. The van der Waals surface area contributed by atoms with Crippen molar-refractivity contribution in [1.82, 2.24) is 19.8 Å². The van der Waals surface area contributed by atoms with E-state index in [4.69, 9.17) is 11.6 Å². The molecule has 0 aliphatic heterocycles. The fourth-order valence-corrected chi connectivity index (χ4v) is 3.75. The average molecular weight is 489 g/mol. The first-order valence-corrected chi connectivity index (χ1v) is 11.4. The molecule has 3 N–H and O–H groups in total. The second-order valence-electron chi connectivity index (χ2n) is 8.91. The Labute approximate surface area is 202 Å². The number of fused-ring (bicyclic) bond motifs is 1. The lowest BCUT2D eigenvalue weighted by molar-refractivity contribution is -0.141. The maximum absolute atomic E-state index is 12.3. The number of carbonyl (C=O) groups is 3. The van der Waals surface area contributed by atoms with Gasteiger partial charge in [-0.15, -0.1) is 9.73 Å². The molecule has 2 heterocycles. The molecule has 34 heavy (non-hydrogen) atoms. The number of halogens is 1. The van der Waals surface area contributed by atoms with Gasteiger partial charge < -0.3 is 20.4 Å². The van der Waals surface area contributed by atoms with Gasteiger partial charge in [-0.2, -0.15) is 5.10 Å². The van der Waals surface area contributed by atoms with Gasteiger partial charge in [0.05, 0.1) is 24.9 Å². The van der Waals surface area contributed by atoms with Crippen LogP contribution in [0.25, 0.3) is 17.0 Å². The minimum atomic E-state index is -0.463. The molecule has 3 aromatic rings. The molecular weight excluding hydrogens is 460 g/mol. The van der Waals surface area contributed by atoms with E-state index in [-0.39, 0.29) is 30.1 Å². The Morgan fingerprint density at radius 2 is 1.79 bits per heavy atom. The van der Waals surface area contributed by atoms with Crippen LogP contribution in [0.4, 0.5) is 11.4 Å². The van der Waals surface area contributed by atoms with Crippen LogP contribution in [0.15, 0.2) is 18.2 Å². The van der Waals surface area contributed by atoms with Crippen molar-refractivity contribution < 1.29 is 19.1 Å². The molecule has 0 bridgehead atoms. The lowest BCUT2D eigenvalue weighted by Gasteiger charge is -2.15. The molecule has 3 rings (SSSR count). The summed E-state index contributed by atoms with van der Waals surface area (Å²) in [4.78, 5) is 39.0. The zero-order chi connectivity index (χ0) is 25.0. The molecule has 10 nitrogen and oxygen atoms in total. The van der Waals surface area contributed by atoms with Gasteiger partial charge in [-0.05, 0) is 24.6 Å². The third-order valence-electron chi connectivity index (χ3n) is 5.05. The number of aromatic amines is 1. The van der Waals surface area contributed by atoms with Crippen LogP contribution in [-0.4, -0.2) is 44.7 Å². The molecule has 2 amide bonds. The third kappa shape index (κ3) is 5.74. The van der Waals surface area contributed by atoms with E-state index in [0.29, 0.717) is 52.0 Å². The van der Waals surface area contributed by atoms with Crippen molar-refractivity contribution in [2.24, 2.45) is 0 Å². The Morgan fingerprint density at radius 3 is 2.41 bits per heavy atom. The fraction of sp³-hybridized carbons (Fsp3) is 0.435. The van der Waals surface area contributed by atoms with Gasteiger partial charge in [0, 0.05) is 29.5 Å². The zero-order valence-electron chi connectivity index (χ0n) is 19.9. The highest BCUT2D eigenvalue weighted by atomic mass is 35.5. The number of benzene rings is 1. The minimum Gasteiger partial charge on any atom is -0.469 e. The molecule has 0 aliphatic carbocycles. The van der Waals surface area contributed by atoms with Crippen molar-refractivity contribution in [2.75, 3.05) is 17.7 Å². The second-order valence-corrected chi connectivity index (χ2v) is 9.29. The summed E-state index contributed by atoms with van der Waals surface area (Å²) < 4.78 is 6.00. The van der Waals surface area contributed by atoms with E-state index in [9.17, 15) is 14.4 Å². The van der Waals surface area contributed by atoms with Crippen molar-refractivity contribution in [3.8, 4) is 11.4 Å². The summed E-state index contributed by atoms with van der Waals surface area (Å²) in [6, 6.07) is 5.04. The number of hydrogen-bond acceptors (Lipinski definition) is 6. The average Bonchev–Trinajstić information content (AvgIpc) is 3.32. The Hall–Kier alpha value is -3.40. The molecule has 11 heteroatoms. The number of esters is 1. The Kier molecular flexibility index (Phi) is 7.61. The summed E-state index contributed by atoms with van der Waals surface area (Å²) in [6.07, 6.45) is 1.03. The molecule has 0 aliphatic rings. The number of nitrogens with zero attached hydrogens (tertiary/aromatic N) is 3. The van der Waals surface area contributed by atoms with Gasteiger partial charge in [-0.1, -0.05) is 39.3 Å². The molecule has 182 valence electrons. The summed E-state index contributed by atoms with van der Waals surface area (Å²) in [5, 5.41) is 15.1. The standard InChI is InChI=1S/C23H29ClN6O4/c1-6-7-16(31)26-15-9-8-13(25-17(32)10-11-18(33)34-5)12-14(15)21-27-22-19(24)20(23(2,3)4)28-30(22)29-21/h8-9,12H,6-7,10-11H2,1-5H3,(H,25,32)(H,26,31)(H,27,29). The van der Waals surface area contributed by atoms with Crippen molar-refractivity contribution in [3.05, 3.63) is 28.9 Å². The molecule has 0 spiro atoms. The monoisotopic (exact) mass is 488 g/mol. The SMILES string of the molecule is CCCC(=O)Nc1ccc(NC(=O)CCC(=O)OC)cc1-c1nn2nc(C(C)(C)C)c(Cl)c2[nH]1. The van der Waals surface area contributed by atoms with Crippen molar-refractivity contribution in [2.45, 2.75) is 58.8 Å². The van der Waals surface area contributed by atoms with Crippen LogP contribution in [-0.2, 0) is 24.5 Å². The first kappa shape index (κ1) is 25.2. The topological polar surface area (TPSA) is 130 Å². The Bertz CT molecular complexity index is 1220. The van der Waals surface area contributed by atoms with Crippen LogP contribution < -0.4 is 10.6 Å². The number of amides is 2. The van der Waals surface area contributed by atoms with Gasteiger partial charge in [0.25, 0.3) is 0 Å². The number of rotatable bonds is 8. The van der Waals surface area contributed by atoms with Crippen molar-refractivity contribution >= 4 is 46.4 Å². The van der Waals surface area contributed by atoms with Gasteiger partial charge in [-0.25, -0.2) is 0 Å². The minimum absolute atomic E-state index is 0.0171. The highest BCUT2D eigenvalue weighted by Gasteiger charge is 2.26. The highest BCUT2D eigenvalue weighted by Crippen LogP contribution is 2.34. The molecule has 0 unspecified atom stereocenters. The van der Waals surface area contributed by atoms with Crippen LogP contribution in [0.3, 0.4) is 0 Å². The largest absolute Gasteiger partial charge is 0.469 e. The number of hydrogen-bond donors (Lipinski definition) is 3.